The van der Waals surface area contributed by atoms with Crippen molar-refractivity contribution in [3.63, 3.8) is 0 Å². The van der Waals surface area contributed by atoms with Gasteiger partial charge in [-0.15, -0.1) is 5.10 Å². The van der Waals surface area contributed by atoms with Gasteiger partial charge in [0, 0.05) is 11.8 Å². The average molecular weight is 321 g/mol. The molecule has 1 N–H and O–H groups in total. The van der Waals surface area contributed by atoms with Crippen LogP contribution in [0.3, 0.4) is 0 Å². The highest BCUT2D eigenvalue weighted by Crippen LogP contribution is 2.22. The summed E-state index contributed by atoms with van der Waals surface area (Å²) < 4.78 is 6.99. The van der Waals surface area contributed by atoms with Crippen LogP contribution in [0.4, 0.5) is 5.95 Å². The van der Waals surface area contributed by atoms with Crippen molar-refractivity contribution in [3.05, 3.63) is 54.9 Å². The first-order valence-corrected chi connectivity index (χ1v) is 7.64. The number of anilines is 1. The third kappa shape index (κ3) is 2.83. The van der Waals surface area contributed by atoms with E-state index in [0.29, 0.717) is 30.5 Å². The summed E-state index contributed by atoms with van der Waals surface area (Å²) in [4.78, 5) is 20.7. The minimum Gasteiger partial charge on any atom is -0.490 e. The standard InChI is InChI=1S/C17H15N5O2/c23-15-9-13(11-24-14-7-4-8-18-10-14)19-17-20-16(21-22(15)17)12-5-2-1-3-6-12/h1-8,10,13H,9,11H2,(H,19,20,21). The largest absolute Gasteiger partial charge is 0.490 e. The van der Waals surface area contributed by atoms with Crippen LogP contribution in [0.2, 0.25) is 0 Å². The number of ether oxygens (including phenoxy) is 1. The highest BCUT2D eigenvalue weighted by molar-refractivity contribution is 5.84. The fraction of sp³-hybridized carbons (Fsp3) is 0.176. The number of fused-ring (bicyclic) bond motifs is 1. The topological polar surface area (TPSA) is 81.9 Å². The van der Waals surface area contributed by atoms with E-state index in [1.54, 1.807) is 18.5 Å². The van der Waals surface area contributed by atoms with E-state index < -0.39 is 0 Å². The number of benzene rings is 1. The minimum atomic E-state index is -0.155. The summed E-state index contributed by atoms with van der Waals surface area (Å²) in [7, 11) is 0. The van der Waals surface area contributed by atoms with Gasteiger partial charge in [-0.1, -0.05) is 30.3 Å². The predicted octanol–water partition coefficient (Wildman–Crippen LogP) is 2.24. The predicted molar refractivity (Wildman–Crippen MR) is 87.8 cm³/mol. The molecule has 3 aromatic rings. The average Bonchev–Trinajstić information content (AvgIpc) is 3.06. The van der Waals surface area contributed by atoms with Gasteiger partial charge in [0.15, 0.2) is 5.82 Å². The lowest BCUT2D eigenvalue weighted by molar-refractivity contribution is 0.0861. The molecule has 0 aliphatic carbocycles. The molecule has 0 fully saturated rings. The van der Waals surface area contributed by atoms with Crippen LogP contribution in [-0.2, 0) is 0 Å². The van der Waals surface area contributed by atoms with E-state index in [4.69, 9.17) is 4.74 Å². The molecule has 120 valence electrons. The summed E-state index contributed by atoms with van der Waals surface area (Å²) in [6.45, 7) is 0.352. The highest BCUT2D eigenvalue weighted by atomic mass is 16.5. The second-order valence-corrected chi connectivity index (χ2v) is 5.48. The molecule has 0 amide bonds. The van der Waals surface area contributed by atoms with Gasteiger partial charge >= 0.3 is 0 Å². The molecule has 7 nitrogen and oxygen atoms in total. The Labute approximate surface area is 138 Å². The van der Waals surface area contributed by atoms with Crippen molar-refractivity contribution in [1.29, 1.82) is 0 Å². The van der Waals surface area contributed by atoms with Crippen molar-refractivity contribution in [1.82, 2.24) is 19.7 Å². The van der Waals surface area contributed by atoms with Crippen LogP contribution in [0.1, 0.15) is 11.2 Å². The lowest BCUT2D eigenvalue weighted by Gasteiger charge is -2.23. The number of nitrogens with one attached hydrogen (secondary N) is 1. The van der Waals surface area contributed by atoms with Crippen LogP contribution in [0.5, 0.6) is 5.75 Å². The van der Waals surface area contributed by atoms with E-state index in [1.807, 2.05) is 36.4 Å². The van der Waals surface area contributed by atoms with Gasteiger partial charge in [-0.2, -0.15) is 9.67 Å². The third-order valence-corrected chi connectivity index (χ3v) is 3.72. The number of nitrogens with zero attached hydrogens (tertiary/aromatic N) is 4. The molecule has 0 spiro atoms. The number of hydrogen-bond acceptors (Lipinski definition) is 6. The SMILES string of the molecule is O=C1CC(COc2cccnc2)Nc2nc(-c3ccccc3)nn21. The highest BCUT2D eigenvalue weighted by Gasteiger charge is 2.28. The van der Waals surface area contributed by atoms with Gasteiger partial charge in [-0.3, -0.25) is 9.78 Å². The van der Waals surface area contributed by atoms with E-state index >= 15 is 0 Å². The zero-order valence-electron chi connectivity index (χ0n) is 12.8. The first-order chi connectivity index (χ1) is 11.8. The monoisotopic (exact) mass is 321 g/mol. The summed E-state index contributed by atoms with van der Waals surface area (Å²) >= 11 is 0. The van der Waals surface area contributed by atoms with Crippen LogP contribution in [-0.4, -0.2) is 38.3 Å². The van der Waals surface area contributed by atoms with Crippen molar-refractivity contribution >= 4 is 11.9 Å². The maximum atomic E-state index is 12.3. The molecule has 0 saturated heterocycles. The summed E-state index contributed by atoms with van der Waals surface area (Å²) in [5.74, 6) is 1.55. The Hall–Kier alpha value is -3.22. The van der Waals surface area contributed by atoms with Crippen LogP contribution in [0, 0.1) is 0 Å². The van der Waals surface area contributed by atoms with Crippen LogP contribution in [0.25, 0.3) is 11.4 Å². The van der Waals surface area contributed by atoms with Crippen molar-refractivity contribution in [3.8, 4) is 17.1 Å². The normalized spacial score (nSPS) is 16.3. The van der Waals surface area contributed by atoms with Crippen LogP contribution < -0.4 is 10.1 Å². The molecule has 0 radical (unpaired) electrons. The number of carbonyl (C=O) groups is 1. The quantitative estimate of drug-likeness (QED) is 0.793. The Morgan fingerprint density at radius 3 is 2.88 bits per heavy atom. The van der Waals surface area contributed by atoms with Gasteiger partial charge in [-0.05, 0) is 12.1 Å². The smallest absolute Gasteiger partial charge is 0.252 e. The number of pyridine rings is 1. The third-order valence-electron chi connectivity index (χ3n) is 3.72. The lowest BCUT2D eigenvalue weighted by Crippen LogP contribution is -2.38. The van der Waals surface area contributed by atoms with E-state index in [-0.39, 0.29) is 11.9 Å². The summed E-state index contributed by atoms with van der Waals surface area (Å²) in [6.07, 6.45) is 3.62. The van der Waals surface area contributed by atoms with Crippen molar-refractivity contribution < 1.29 is 9.53 Å². The molecule has 0 saturated carbocycles. The van der Waals surface area contributed by atoms with Gasteiger partial charge in [0.1, 0.15) is 12.4 Å². The van der Waals surface area contributed by atoms with E-state index in [0.717, 1.165) is 5.56 Å². The van der Waals surface area contributed by atoms with Gasteiger partial charge in [-0.25, -0.2) is 0 Å². The summed E-state index contributed by atoms with van der Waals surface area (Å²) in [6, 6.07) is 13.0. The molecule has 1 aliphatic rings. The van der Waals surface area contributed by atoms with E-state index in [1.165, 1.54) is 4.68 Å². The molecular formula is C17H15N5O2. The molecule has 7 heteroatoms. The van der Waals surface area contributed by atoms with Crippen molar-refractivity contribution in [2.75, 3.05) is 11.9 Å². The van der Waals surface area contributed by atoms with E-state index in [9.17, 15) is 4.79 Å². The van der Waals surface area contributed by atoms with Gasteiger partial charge in [0.05, 0.1) is 18.7 Å². The minimum absolute atomic E-state index is 0.0989. The number of carbonyl (C=O) groups excluding carboxylic acids is 1. The molecule has 1 unspecified atom stereocenters. The van der Waals surface area contributed by atoms with Gasteiger partial charge in [0.25, 0.3) is 5.91 Å². The second kappa shape index (κ2) is 6.11. The zero-order chi connectivity index (χ0) is 16.4. The molecule has 1 aromatic carbocycles. The Bertz CT molecular complexity index is 848. The van der Waals surface area contributed by atoms with Crippen LogP contribution in [0.15, 0.2) is 54.9 Å². The molecule has 24 heavy (non-hydrogen) atoms. The van der Waals surface area contributed by atoms with E-state index in [2.05, 4.69) is 20.4 Å². The summed E-state index contributed by atoms with van der Waals surface area (Å²) in [5.41, 5.74) is 0.872. The Morgan fingerprint density at radius 2 is 2.08 bits per heavy atom. The number of rotatable bonds is 4. The Kier molecular flexibility index (Phi) is 3.66. The molecule has 3 heterocycles. The maximum absolute atomic E-state index is 12.3. The fourth-order valence-electron chi connectivity index (χ4n) is 2.55. The molecule has 1 aliphatic heterocycles. The fourth-order valence-corrected chi connectivity index (χ4v) is 2.55. The zero-order valence-corrected chi connectivity index (χ0v) is 12.8. The molecule has 4 rings (SSSR count). The lowest BCUT2D eigenvalue weighted by atomic mass is 10.2. The van der Waals surface area contributed by atoms with Crippen molar-refractivity contribution in [2.24, 2.45) is 0 Å². The molecule has 1 atom stereocenters. The molecular weight excluding hydrogens is 306 g/mol. The van der Waals surface area contributed by atoms with Crippen molar-refractivity contribution in [2.45, 2.75) is 12.5 Å². The van der Waals surface area contributed by atoms with Crippen LogP contribution >= 0.6 is 0 Å². The Morgan fingerprint density at radius 1 is 1.21 bits per heavy atom. The molecule has 0 bridgehead atoms. The Balaban J connectivity index is 1.50. The number of aromatic nitrogens is 4. The second-order valence-electron chi connectivity index (χ2n) is 5.48. The molecule has 2 aromatic heterocycles. The summed E-state index contributed by atoms with van der Waals surface area (Å²) in [5, 5.41) is 7.51. The first kappa shape index (κ1) is 14.4. The number of hydrogen-bond donors (Lipinski definition) is 1. The maximum Gasteiger partial charge on any atom is 0.252 e. The van der Waals surface area contributed by atoms with Gasteiger partial charge < -0.3 is 10.1 Å². The van der Waals surface area contributed by atoms with Gasteiger partial charge in [0.2, 0.25) is 5.95 Å². The first-order valence-electron chi connectivity index (χ1n) is 7.64.